The Hall–Kier alpha value is -1.57. The fraction of sp³-hybridized carbons (Fsp3) is 0. The van der Waals surface area contributed by atoms with Crippen LogP contribution in [-0.4, -0.2) is 10.1 Å². The largest absolute Gasteiger partial charge is 0.506 e. The van der Waals surface area contributed by atoms with Crippen molar-refractivity contribution in [2.75, 3.05) is 0 Å². The minimum Gasteiger partial charge on any atom is -0.506 e. The van der Waals surface area contributed by atoms with E-state index >= 15 is 0 Å². The van der Waals surface area contributed by atoms with Crippen LogP contribution in [0.15, 0.2) is 36.5 Å². The summed E-state index contributed by atoms with van der Waals surface area (Å²) in [6, 6.07) is 4.80. The summed E-state index contributed by atoms with van der Waals surface area (Å²) in [7, 11) is 0. The lowest BCUT2D eigenvalue weighted by atomic mass is 10.2. The number of phenols is 1. The van der Waals surface area contributed by atoms with Gasteiger partial charge in [-0.05, 0) is 12.1 Å². The van der Waals surface area contributed by atoms with Gasteiger partial charge in [-0.1, -0.05) is 18.2 Å². The van der Waals surface area contributed by atoms with Crippen molar-refractivity contribution >= 4 is 10.9 Å². The van der Waals surface area contributed by atoms with Gasteiger partial charge in [0.1, 0.15) is 11.3 Å². The number of pyridine rings is 1. The fourth-order valence-electron chi connectivity index (χ4n) is 0.952. The highest BCUT2D eigenvalue weighted by Crippen LogP contribution is 2.20. The Bertz CT molecular complexity index is 462. The van der Waals surface area contributed by atoms with Gasteiger partial charge < -0.3 is 5.11 Å². The van der Waals surface area contributed by atoms with Crippen molar-refractivity contribution in [1.29, 1.82) is 0 Å². The zero-order valence-corrected chi connectivity index (χ0v) is 5.70. The molecule has 54 valence electrons. The molecule has 0 unspecified atom stereocenters. The van der Waals surface area contributed by atoms with Crippen molar-refractivity contribution in [2.24, 2.45) is 0 Å². The maximum absolute atomic E-state index is 9.39. The molecule has 0 radical (unpaired) electrons. The van der Waals surface area contributed by atoms with Crippen LogP contribution in [0.1, 0.15) is 2.74 Å². The van der Waals surface area contributed by atoms with Gasteiger partial charge in [-0.2, -0.15) is 0 Å². The molecular weight excluding hydrogens is 138 g/mol. The highest BCUT2D eigenvalue weighted by atomic mass is 16.3. The van der Waals surface area contributed by atoms with Gasteiger partial charge in [-0.3, -0.25) is 4.98 Å². The highest BCUT2D eigenvalue weighted by Gasteiger charge is 1.96. The van der Waals surface area contributed by atoms with Gasteiger partial charge in [-0.15, -0.1) is 0 Å². The van der Waals surface area contributed by atoms with E-state index < -0.39 is 0 Å². The fourth-order valence-corrected chi connectivity index (χ4v) is 0.952. The number of fused-ring (bicyclic) bond motifs is 1. The minimum atomic E-state index is 0.0140. The Balaban J connectivity index is 3.00. The van der Waals surface area contributed by atoms with Crippen molar-refractivity contribution in [3.8, 4) is 5.75 Å². The second-order valence-electron chi connectivity index (χ2n) is 2.18. The topological polar surface area (TPSA) is 33.1 Å². The van der Waals surface area contributed by atoms with E-state index in [4.69, 9.17) is 2.74 Å². The molecule has 0 atom stereocenters. The molecule has 0 saturated heterocycles. The first-order chi connectivity index (χ1) is 6.20. The predicted molar refractivity (Wildman–Crippen MR) is 43.4 cm³/mol. The molecule has 1 aromatic heterocycles. The normalized spacial score (nSPS) is 12.7. The first-order valence-electron chi connectivity index (χ1n) is 4.24. The summed E-state index contributed by atoms with van der Waals surface area (Å²) in [5.74, 6) is 0.0140. The molecule has 1 N–H and O–H groups in total. The van der Waals surface area contributed by atoms with Crippen molar-refractivity contribution in [1.82, 2.24) is 4.98 Å². The number of rotatable bonds is 0. The number of hydrogen-bond acceptors (Lipinski definition) is 2. The quantitative estimate of drug-likeness (QED) is 0.617. The van der Waals surface area contributed by atoms with E-state index in [-0.39, 0.29) is 17.8 Å². The van der Waals surface area contributed by atoms with Gasteiger partial charge in [0.05, 0.1) is 2.74 Å². The molecule has 11 heavy (non-hydrogen) atoms. The Morgan fingerprint density at radius 2 is 2.18 bits per heavy atom. The van der Waals surface area contributed by atoms with Crippen LogP contribution in [0.25, 0.3) is 10.9 Å². The van der Waals surface area contributed by atoms with E-state index in [1.54, 1.807) is 0 Å². The number of nitrogens with zero attached hydrogens (tertiary/aromatic N) is 1. The van der Waals surface area contributed by atoms with Crippen LogP contribution in [0.3, 0.4) is 0 Å². The average molecular weight is 147 g/mol. The summed E-state index contributed by atoms with van der Waals surface area (Å²) >= 11 is 0. The van der Waals surface area contributed by atoms with Crippen molar-refractivity contribution in [3.63, 3.8) is 0 Å². The SMILES string of the molecule is [2H]c1ccnc2c(O)ccc([2H])c12. The van der Waals surface area contributed by atoms with Crippen molar-refractivity contribution in [2.45, 2.75) is 0 Å². The van der Waals surface area contributed by atoms with E-state index in [0.29, 0.717) is 10.9 Å². The Kier molecular flexibility index (Phi) is 0.881. The molecule has 0 amide bonds. The van der Waals surface area contributed by atoms with Crippen LogP contribution in [-0.2, 0) is 0 Å². The zero-order chi connectivity index (χ0) is 9.42. The number of benzene rings is 1. The molecule has 0 spiro atoms. The van der Waals surface area contributed by atoms with Crippen LogP contribution in [0.5, 0.6) is 5.75 Å². The Morgan fingerprint density at radius 3 is 3.00 bits per heavy atom. The van der Waals surface area contributed by atoms with E-state index in [9.17, 15) is 5.11 Å². The molecule has 2 rings (SSSR count). The third kappa shape index (κ3) is 0.923. The van der Waals surface area contributed by atoms with Gasteiger partial charge in [0.25, 0.3) is 0 Å². The predicted octanol–water partition coefficient (Wildman–Crippen LogP) is 1.94. The van der Waals surface area contributed by atoms with Crippen LogP contribution < -0.4 is 0 Å². The first-order valence-corrected chi connectivity index (χ1v) is 3.24. The van der Waals surface area contributed by atoms with Crippen LogP contribution in [0, 0.1) is 0 Å². The summed E-state index contributed by atoms with van der Waals surface area (Å²) in [6.45, 7) is 0. The maximum atomic E-state index is 9.39. The molecule has 0 bridgehead atoms. The summed E-state index contributed by atoms with van der Waals surface area (Å²) < 4.78 is 15.1. The second kappa shape index (κ2) is 2.23. The number of aromatic nitrogens is 1. The maximum Gasteiger partial charge on any atom is 0.141 e. The van der Waals surface area contributed by atoms with E-state index in [1.807, 2.05) is 0 Å². The lowest BCUT2D eigenvalue weighted by Gasteiger charge is -1.96. The third-order valence-corrected chi connectivity index (χ3v) is 1.45. The molecule has 2 nitrogen and oxygen atoms in total. The van der Waals surface area contributed by atoms with E-state index in [0.717, 1.165) is 0 Å². The summed E-state index contributed by atoms with van der Waals surface area (Å²) in [4.78, 5) is 3.91. The highest BCUT2D eigenvalue weighted by molar-refractivity contribution is 5.83. The summed E-state index contributed by atoms with van der Waals surface area (Å²) in [5, 5.41) is 9.78. The van der Waals surface area contributed by atoms with E-state index in [1.165, 1.54) is 24.4 Å². The van der Waals surface area contributed by atoms with Gasteiger partial charge in [-0.25, -0.2) is 0 Å². The van der Waals surface area contributed by atoms with Gasteiger partial charge in [0.2, 0.25) is 0 Å². The smallest absolute Gasteiger partial charge is 0.141 e. The molecule has 2 heteroatoms. The summed E-state index contributed by atoms with van der Waals surface area (Å²) in [5.41, 5.74) is 0.319. The number of phenolic OH excluding ortho intramolecular Hbond substituents is 1. The molecular formula is C9H7NO. The number of hydrogen-bond donors (Lipinski definition) is 1. The second-order valence-corrected chi connectivity index (χ2v) is 2.18. The third-order valence-electron chi connectivity index (χ3n) is 1.45. The average Bonchev–Trinajstić information content (AvgIpc) is 2.12. The van der Waals surface area contributed by atoms with Crippen molar-refractivity contribution < 1.29 is 7.85 Å². The molecule has 0 aliphatic heterocycles. The molecule has 1 heterocycles. The minimum absolute atomic E-state index is 0.0140. The van der Waals surface area contributed by atoms with Crippen LogP contribution in [0.4, 0.5) is 0 Å². The lowest BCUT2D eigenvalue weighted by Crippen LogP contribution is -1.76. The first kappa shape index (κ1) is 4.34. The van der Waals surface area contributed by atoms with Gasteiger partial charge in [0.15, 0.2) is 0 Å². The standard InChI is InChI=1S/C9H7NO/c11-8-5-1-3-7-4-2-6-10-9(7)8/h1-6,11H/i3D,4D. The van der Waals surface area contributed by atoms with Gasteiger partial charge >= 0.3 is 0 Å². The monoisotopic (exact) mass is 147 g/mol. The molecule has 0 saturated carbocycles. The molecule has 0 aliphatic rings. The lowest BCUT2D eigenvalue weighted by molar-refractivity contribution is 0.480. The Morgan fingerprint density at radius 1 is 1.36 bits per heavy atom. The molecule has 1 aromatic carbocycles. The number of aromatic hydroxyl groups is 1. The number of para-hydroxylation sites is 1. The van der Waals surface area contributed by atoms with Crippen molar-refractivity contribution in [3.05, 3.63) is 36.5 Å². The zero-order valence-electron chi connectivity index (χ0n) is 7.70. The summed E-state index contributed by atoms with van der Waals surface area (Å²) in [6.07, 6.45) is 1.45. The van der Waals surface area contributed by atoms with Crippen LogP contribution >= 0.6 is 0 Å². The Labute approximate surface area is 66.9 Å². The molecule has 2 aromatic rings. The van der Waals surface area contributed by atoms with Gasteiger partial charge in [0, 0.05) is 11.6 Å². The van der Waals surface area contributed by atoms with E-state index in [2.05, 4.69) is 4.98 Å². The molecule has 0 aliphatic carbocycles. The molecule has 0 fully saturated rings. The van der Waals surface area contributed by atoms with Crippen LogP contribution in [0.2, 0.25) is 0 Å².